The monoisotopic (exact) mass is 295 g/mol. The van der Waals surface area contributed by atoms with Gasteiger partial charge in [-0.25, -0.2) is 0 Å². The molecule has 2 nitrogen and oxygen atoms in total. The van der Waals surface area contributed by atoms with Crippen LogP contribution in [0.4, 0.5) is 13.2 Å². The second-order valence-corrected chi connectivity index (χ2v) is 6.09. The van der Waals surface area contributed by atoms with Crippen LogP contribution in [0.25, 0.3) is 0 Å². The maximum absolute atomic E-state index is 12.0. The van der Waals surface area contributed by atoms with Crippen molar-refractivity contribution in [1.82, 2.24) is 5.32 Å². The van der Waals surface area contributed by atoms with E-state index in [4.69, 9.17) is 4.74 Å². The zero-order chi connectivity index (χ0) is 14.5. The Morgan fingerprint density at radius 2 is 2.05 bits per heavy atom. The second kappa shape index (κ2) is 7.26. The van der Waals surface area contributed by atoms with E-state index in [1.165, 1.54) is 4.88 Å². The van der Waals surface area contributed by atoms with Gasteiger partial charge in [0, 0.05) is 22.3 Å². The molecule has 0 fully saturated rings. The van der Waals surface area contributed by atoms with E-state index < -0.39 is 12.6 Å². The zero-order valence-corrected chi connectivity index (χ0v) is 12.3. The molecule has 1 N–H and O–H groups in total. The summed E-state index contributed by atoms with van der Waals surface area (Å²) in [6.07, 6.45) is -5.03. The first-order valence-corrected chi connectivity index (χ1v) is 7.05. The highest BCUT2D eigenvalue weighted by atomic mass is 32.1. The maximum Gasteiger partial charge on any atom is 0.391 e. The summed E-state index contributed by atoms with van der Waals surface area (Å²) in [7, 11) is 0. The fourth-order valence-corrected chi connectivity index (χ4v) is 2.49. The first kappa shape index (κ1) is 16.5. The third kappa shape index (κ3) is 6.94. The Morgan fingerprint density at radius 3 is 2.63 bits per heavy atom. The lowest BCUT2D eigenvalue weighted by Crippen LogP contribution is -2.21. The highest BCUT2D eigenvalue weighted by molar-refractivity contribution is 7.12. The first-order valence-electron chi connectivity index (χ1n) is 6.24. The van der Waals surface area contributed by atoms with Crippen LogP contribution in [0.1, 0.15) is 35.6 Å². The van der Waals surface area contributed by atoms with Crippen LogP contribution in [0.3, 0.4) is 0 Å². The number of rotatable bonds is 7. The van der Waals surface area contributed by atoms with Crippen molar-refractivity contribution in [2.24, 2.45) is 0 Å². The summed E-state index contributed by atoms with van der Waals surface area (Å²) >= 11 is 1.66. The Kier molecular flexibility index (Phi) is 6.29. The van der Waals surface area contributed by atoms with Crippen molar-refractivity contribution in [3.8, 4) is 0 Å². The van der Waals surface area contributed by atoms with E-state index in [2.05, 4.69) is 19.2 Å². The number of hydrogen-bond donors (Lipinski definition) is 1. The number of hydrogen-bond acceptors (Lipinski definition) is 3. The lowest BCUT2D eigenvalue weighted by atomic mass is 10.2. The van der Waals surface area contributed by atoms with E-state index >= 15 is 0 Å². The number of aryl methyl sites for hydroxylation is 1. The Balaban J connectivity index is 2.37. The molecule has 1 aromatic rings. The van der Waals surface area contributed by atoms with Gasteiger partial charge in [0.2, 0.25) is 0 Å². The molecule has 0 saturated heterocycles. The van der Waals surface area contributed by atoms with Crippen LogP contribution in [-0.4, -0.2) is 18.8 Å². The van der Waals surface area contributed by atoms with Crippen LogP contribution in [-0.2, 0) is 17.9 Å². The van der Waals surface area contributed by atoms with Crippen molar-refractivity contribution >= 4 is 11.3 Å². The molecular formula is C13H20F3NOS. The molecule has 0 radical (unpaired) electrons. The summed E-state index contributed by atoms with van der Waals surface area (Å²) in [6, 6.07) is 2.41. The highest BCUT2D eigenvalue weighted by Gasteiger charge is 2.26. The summed E-state index contributed by atoms with van der Waals surface area (Å²) in [4.78, 5) is 2.29. The quantitative estimate of drug-likeness (QED) is 0.767. The van der Waals surface area contributed by atoms with Crippen LogP contribution in [0.2, 0.25) is 0 Å². The van der Waals surface area contributed by atoms with Crippen LogP contribution in [0.5, 0.6) is 0 Å². The molecular weight excluding hydrogens is 275 g/mol. The predicted octanol–water partition coefficient (Wildman–Crippen LogP) is 4.02. The van der Waals surface area contributed by atoms with E-state index in [0.717, 1.165) is 17.0 Å². The number of halogens is 3. The molecule has 0 unspecified atom stereocenters. The number of ether oxygens (including phenoxy) is 1. The first-order chi connectivity index (χ1) is 8.78. The van der Waals surface area contributed by atoms with Crippen LogP contribution in [0.15, 0.2) is 6.07 Å². The van der Waals surface area contributed by atoms with E-state index in [9.17, 15) is 13.2 Å². The van der Waals surface area contributed by atoms with Crippen molar-refractivity contribution in [3.05, 3.63) is 21.4 Å². The topological polar surface area (TPSA) is 21.3 Å². The molecule has 1 rings (SSSR count). The van der Waals surface area contributed by atoms with Gasteiger partial charge in [0.25, 0.3) is 0 Å². The molecule has 1 heterocycles. The third-order valence-corrected chi connectivity index (χ3v) is 3.64. The molecule has 0 aliphatic rings. The second-order valence-electron chi connectivity index (χ2n) is 4.75. The van der Waals surface area contributed by atoms with Gasteiger partial charge in [-0.3, -0.25) is 0 Å². The molecule has 0 amide bonds. The molecule has 0 spiro atoms. The van der Waals surface area contributed by atoms with Crippen molar-refractivity contribution < 1.29 is 17.9 Å². The number of thiophene rings is 1. The van der Waals surface area contributed by atoms with E-state index in [1.807, 2.05) is 13.0 Å². The van der Waals surface area contributed by atoms with Gasteiger partial charge in [0.1, 0.15) is 0 Å². The van der Waals surface area contributed by atoms with Gasteiger partial charge in [-0.2, -0.15) is 13.2 Å². The molecule has 110 valence electrons. The van der Waals surface area contributed by atoms with Gasteiger partial charge in [0.05, 0.1) is 19.6 Å². The minimum Gasteiger partial charge on any atom is -0.376 e. The molecule has 0 atom stereocenters. The van der Waals surface area contributed by atoms with E-state index in [1.54, 1.807) is 11.3 Å². The minimum absolute atomic E-state index is 0.250. The van der Waals surface area contributed by atoms with Crippen LogP contribution >= 0.6 is 11.3 Å². The van der Waals surface area contributed by atoms with Gasteiger partial charge in [-0.15, -0.1) is 11.3 Å². The van der Waals surface area contributed by atoms with Gasteiger partial charge < -0.3 is 10.1 Å². The standard InChI is InChI=1S/C13H20F3NOS/c1-9(2)17-7-12-6-11(10(3)19-12)8-18-5-4-13(14,15)16/h6,9,17H,4-5,7-8H2,1-3H3. The van der Waals surface area contributed by atoms with Crippen molar-refractivity contribution in [2.45, 2.75) is 52.6 Å². The van der Waals surface area contributed by atoms with Gasteiger partial charge >= 0.3 is 6.18 Å². The molecule has 6 heteroatoms. The third-order valence-electron chi connectivity index (χ3n) is 2.54. The van der Waals surface area contributed by atoms with Gasteiger partial charge in [0.15, 0.2) is 0 Å². The molecule has 19 heavy (non-hydrogen) atoms. The van der Waals surface area contributed by atoms with Gasteiger partial charge in [-0.05, 0) is 18.6 Å². The summed E-state index contributed by atoms with van der Waals surface area (Å²) in [5.41, 5.74) is 0.979. The highest BCUT2D eigenvalue weighted by Crippen LogP contribution is 2.23. The molecule has 1 aromatic heterocycles. The Morgan fingerprint density at radius 1 is 1.37 bits per heavy atom. The summed E-state index contributed by atoms with van der Waals surface area (Å²) in [5, 5.41) is 3.31. The largest absolute Gasteiger partial charge is 0.391 e. The van der Waals surface area contributed by atoms with Gasteiger partial charge in [-0.1, -0.05) is 13.8 Å². The molecule has 0 aliphatic heterocycles. The van der Waals surface area contributed by atoms with Crippen molar-refractivity contribution in [2.75, 3.05) is 6.61 Å². The van der Waals surface area contributed by atoms with E-state index in [-0.39, 0.29) is 13.2 Å². The Hall–Kier alpha value is -0.590. The normalized spacial score (nSPS) is 12.4. The summed E-state index contributed by atoms with van der Waals surface area (Å²) in [5.74, 6) is 0. The number of alkyl halides is 3. The summed E-state index contributed by atoms with van der Waals surface area (Å²) in [6.45, 7) is 6.86. The van der Waals surface area contributed by atoms with Crippen LogP contribution in [0, 0.1) is 6.92 Å². The molecule has 0 bridgehead atoms. The van der Waals surface area contributed by atoms with E-state index in [0.29, 0.717) is 6.04 Å². The Labute approximate surface area is 116 Å². The predicted molar refractivity (Wildman–Crippen MR) is 71.4 cm³/mol. The zero-order valence-electron chi connectivity index (χ0n) is 11.4. The number of nitrogens with one attached hydrogen (secondary N) is 1. The fraction of sp³-hybridized carbons (Fsp3) is 0.692. The average Bonchev–Trinajstić information content (AvgIpc) is 2.62. The summed E-state index contributed by atoms with van der Waals surface area (Å²) < 4.78 is 40.9. The lowest BCUT2D eigenvalue weighted by molar-refractivity contribution is -0.146. The molecule has 0 saturated carbocycles. The van der Waals surface area contributed by atoms with Crippen molar-refractivity contribution in [1.29, 1.82) is 0 Å². The fourth-order valence-electron chi connectivity index (χ4n) is 1.49. The molecule has 0 aliphatic carbocycles. The lowest BCUT2D eigenvalue weighted by Gasteiger charge is -2.07. The molecule has 0 aromatic carbocycles. The van der Waals surface area contributed by atoms with Crippen molar-refractivity contribution in [3.63, 3.8) is 0 Å². The maximum atomic E-state index is 12.0. The minimum atomic E-state index is -4.14. The average molecular weight is 295 g/mol. The Bertz CT molecular complexity index is 388. The smallest absolute Gasteiger partial charge is 0.376 e. The van der Waals surface area contributed by atoms with Crippen LogP contribution < -0.4 is 5.32 Å². The SMILES string of the molecule is Cc1sc(CNC(C)C)cc1COCCC(F)(F)F.